The Morgan fingerprint density at radius 1 is 1.12 bits per heavy atom. The molecule has 0 bridgehead atoms. The minimum atomic E-state index is 0.909. The summed E-state index contributed by atoms with van der Waals surface area (Å²) in [6, 6.07) is 0. The van der Waals surface area contributed by atoms with Gasteiger partial charge in [0.2, 0.25) is 0 Å². The number of rotatable bonds is 4. The number of hydrogen-bond acceptors (Lipinski definition) is 3. The van der Waals surface area contributed by atoms with Crippen molar-refractivity contribution >= 4 is 0 Å². The van der Waals surface area contributed by atoms with E-state index in [9.17, 15) is 0 Å². The Balaban J connectivity index is 1.64. The molecule has 0 spiro atoms. The summed E-state index contributed by atoms with van der Waals surface area (Å²) in [5.41, 5.74) is 0. The van der Waals surface area contributed by atoms with Gasteiger partial charge in [0.1, 0.15) is 0 Å². The second-order valence-corrected chi connectivity index (χ2v) is 5.35. The van der Waals surface area contributed by atoms with Crippen LogP contribution in [0.5, 0.6) is 0 Å². The molecule has 94 valence electrons. The Bertz CT molecular complexity index is 182. The number of hydrogen-bond donors (Lipinski definition) is 1. The number of nitrogens with zero attached hydrogens (tertiary/aromatic N) is 2. The molecule has 3 heteroatoms. The van der Waals surface area contributed by atoms with Crippen LogP contribution in [-0.2, 0) is 0 Å². The quantitative estimate of drug-likeness (QED) is 0.770. The molecule has 3 nitrogen and oxygen atoms in total. The maximum absolute atomic E-state index is 3.52. The highest BCUT2D eigenvalue weighted by Gasteiger charge is 2.20. The van der Waals surface area contributed by atoms with E-state index in [-0.39, 0.29) is 0 Å². The van der Waals surface area contributed by atoms with E-state index < -0.39 is 0 Å². The average molecular weight is 225 g/mol. The van der Waals surface area contributed by atoms with Crippen LogP contribution in [0.4, 0.5) is 0 Å². The van der Waals surface area contributed by atoms with Gasteiger partial charge in [-0.2, -0.15) is 0 Å². The first-order chi connectivity index (χ1) is 7.88. The zero-order chi connectivity index (χ0) is 11.2. The van der Waals surface area contributed by atoms with Crippen molar-refractivity contribution in [3.8, 4) is 0 Å². The highest BCUT2D eigenvalue weighted by atomic mass is 15.3. The van der Waals surface area contributed by atoms with Gasteiger partial charge in [-0.3, -0.25) is 0 Å². The van der Waals surface area contributed by atoms with Gasteiger partial charge in [0.15, 0.2) is 0 Å². The first kappa shape index (κ1) is 12.3. The van der Waals surface area contributed by atoms with E-state index in [1.807, 2.05) is 0 Å². The first-order valence-corrected chi connectivity index (χ1v) is 7.04. The molecule has 2 rings (SSSR count). The van der Waals surface area contributed by atoms with Crippen LogP contribution >= 0.6 is 0 Å². The van der Waals surface area contributed by atoms with E-state index >= 15 is 0 Å². The molecule has 2 aliphatic rings. The Morgan fingerprint density at radius 3 is 2.50 bits per heavy atom. The predicted molar refractivity (Wildman–Crippen MR) is 68.8 cm³/mol. The van der Waals surface area contributed by atoms with Crippen LogP contribution in [0.25, 0.3) is 0 Å². The summed E-state index contributed by atoms with van der Waals surface area (Å²) in [6.07, 6.45) is 4.11. The van der Waals surface area contributed by atoms with Crippen molar-refractivity contribution in [3.05, 3.63) is 0 Å². The van der Waals surface area contributed by atoms with Crippen LogP contribution in [0.3, 0.4) is 0 Å². The van der Waals surface area contributed by atoms with Crippen molar-refractivity contribution < 1.29 is 0 Å². The average Bonchev–Trinajstić information content (AvgIpc) is 2.33. The smallest absolute Gasteiger partial charge is 0.0110 e. The SMILES string of the molecule is CCCN1CCN(CC2CCCNC2)CC1. The highest BCUT2D eigenvalue weighted by molar-refractivity contribution is 4.77. The number of nitrogens with one attached hydrogen (secondary N) is 1. The summed E-state index contributed by atoms with van der Waals surface area (Å²) in [5.74, 6) is 0.909. The topological polar surface area (TPSA) is 18.5 Å². The molecule has 1 unspecified atom stereocenters. The third-order valence-electron chi connectivity index (χ3n) is 3.92. The van der Waals surface area contributed by atoms with Gasteiger partial charge in [0, 0.05) is 32.7 Å². The van der Waals surface area contributed by atoms with Crippen molar-refractivity contribution in [1.82, 2.24) is 15.1 Å². The Labute approximate surface area is 100 Å². The summed E-state index contributed by atoms with van der Waals surface area (Å²) in [6.45, 7) is 12.5. The standard InChI is InChI=1S/C13H27N3/c1-2-6-15-7-9-16(10-8-15)12-13-4-3-5-14-11-13/h13-14H,2-12H2,1H3. The van der Waals surface area contributed by atoms with Crippen molar-refractivity contribution in [3.63, 3.8) is 0 Å². The van der Waals surface area contributed by atoms with Gasteiger partial charge in [0.25, 0.3) is 0 Å². The molecule has 0 radical (unpaired) electrons. The fourth-order valence-corrected chi connectivity index (χ4v) is 2.96. The maximum atomic E-state index is 3.52. The molecule has 1 atom stereocenters. The minimum Gasteiger partial charge on any atom is -0.316 e. The lowest BCUT2D eigenvalue weighted by molar-refractivity contribution is 0.112. The largest absolute Gasteiger partial charge is 0.316 e. The number of piperazine rings is 1. The van der Waals surface area contributed by atoms with Gasteiger partial charge in [-0.25, -0.2) is 0 Å². The van der Waals surface area contributed by atoms with E-state index in [0.29, 0.717) is 0 Å². The van der Waals surface area contributed by atoms with E-state index in [2.05, 4.69) is 22.0 Å². The van der Waals surface area contributed by atoms with E-state index in [1.54, 1.807) is 0 Å². The van der Waals surface area contributed by atoms with Crippen LogP contribution in [0, 0.1) is 5.92 Å². The lowest BCUT2D eigenvalue weighted by Gasteiger charge is -2.37. The van der Waals surface area contributed by atoms with Gasteiger partial charge >= 0.3 is 0 Å². The summed E-state index contributed by atoms with van der Waals surface area (Å²) in [4.78, 5) is 5.28. The molecule has 2 fully saturated rings. The van der Waals surface area contributed by atoms with Gasteiger partial charge in [-0.15, -0.1) is 0 Å². The van der Waals surface area contributed by atoms with Crippen molar-refractivity contribution in [2.24, 2.45) is 5.92 Å². The molecule has 2 heterocycles. The van der Waals surface area contributed by atoms with E-state index in [4.69, 9.17) is 0 Å². The summed E-state index contributed by atoms with van der Waals surface area (Å²) < 4.78 is 0. The van der Waals surface area contributed by atoms with Crippen molar-refractivity contribution in [2.75, 3.05) is 52.4 Å². The highest BCUT2D eigenvalue weighted by Crippen LogP contribution is 2.13. The second kappa shape index (κ2) is 6.58. The molecular weight excluding hydrogens is 198 g/mol. The van der Waals surface area contributed by atoms with Gasteiger partial charge in [0.05, 0.1) is 0 Å². The second-order valence-electron chi connectivity index (χ2n) is 5.35. The third kappa shape index (κ3) is 3.72. The minimum absolute atomic E-state index is 0.909. The van der Waals surface area contributed by atoms with Crippen molar-refractivity contribution in [2.45, 2.75) is 26.2 Å². The van der Waals surface area contributed by atoms with Crippen LogP contribution in [0.2, 0.25) is 0 Å². The fraction of sp³-hybridized carbons (Fsp3) is 1.00. The maximum Gasteiger partial charge on any atom is 0.0110 e. The lowest BCUT2D eigenvalue weighted by atomic mass is 9.99. The molecule has 0 aliphatic carbocycles. The molecule has 0 aromatic carbocycles. The molecule has 2 aliphatic heterocycles. The van der Waals surface area contributed by atoms with Gasteiger partial charge in [-0.05, 0) is 44.8 Å². The first-order valence-electron chi connectivity index (χ1n) is 7.04. The number of piperidine rings is 1. The Morgan fingerprint density at radius 2 is 1.88 bits per heavy atom. The molecule has 16 heavy (non-hydrogen) atoms. The van der Waals surface area contributed by atoms with Crippen LogP contribution in [0.15, 0.2) is 0 Å². The zero-order valence-corrected chi connectivity index (χ0v) is 10.7. The Hall–Kier alpha value is -0.120. The Kier molecular flexibility index (Phi) is 5.07. The predicted octanol–water partition coefficient (Wildman–Crippen LogP) is 1.01. The van der Waals surface area contributed by atoms with Crippen molar-refractivity contribution in [1.29, 1.82) is 0 Å². The van der Waals surface area contributed by atoms with Gasteiger partial charge in [-0.1, -0.05) is 6.92 Å². The molecular formula is C13H27N3. The van der Waals surface area contributed by atoms with Crippen LogP contribution in [-0.4, -0.2) is 62.2 Å². The van der Waals surface area contributed by atoms with E-state index in [1.165, 1.54) is 71.6 Å². The zero-order valence-electron chi connectivity index (χ0n) is 10.7. The molecule has 0 aromatic rings. The van der Waals surface area contributed by atoms with E-state index in [0.717, 1.165) is 5.92 Å². The normalized spacial score (nSPS) is 29.4. The molecule has 0 amide bonds. The third-order valence-corrected chi connectivity index (χ3v) is 3.92. The molecule has 1 N–H and O–H groups in total. The van der Waals surface area contributed by atoms with Crippen LogP contribution < -0.4 is 5.32 Å². The molecule has 0 aromatic heterocycles. The monoisotopic (exact) mass is 225 g/mol. The van der Waals surface area contributed by atoms with Gasteiger partial charge < -0.3 is 15.1 Å². The summed E-state index contributed by atoms with van der Waals surface area (Å²) in [5, 5.41) is 3.52. The molecule has 0 saturated carbocycles. The lowest BCUT2D eigenvalue weighted by Crippen LogP contribution is -2.49. The summed E-state index contributed by atoms with van der Waals surface area (Å²) >= 11 is 0. The molecule has 2 saturated heterocycles. The summed E-state index contributed by atoms with van der Waals surface area (Å²) in [7, 11) is 0. The van der Waals surface area contributed by atoms with Crippen LogP contribution in [0.1, 0.15) is 26.2 Å². The fourth-order valence-electron chi connectivity index (χ4n) is 2.96.